The second-order valence-electron chi connectivity index (χ2n) is 6.96. The Labute approximate surface area is 184 Å². The molecule has 0 radical (unpaired) electrons. The van der Waals surface area contributed by atoms with Gasteiger partial charge in [0.15, 0.2) is 5.82 Å². The number of aromatic nitrogens is 2. The number of hydrogen-bond donors (Lipinski definition) is 1. The Kier molecular flexibility index (Phi) is 6.00. The van der Waals surface area contributed by atoms with Gasteiger partial charge in [0.1, 0.15) is 0 Å². The highest BCUT2D eigenvalue weighted by molar-refractivity contribution is 14.1. The molecule has 1 aromatic heterocycles. The van der Waals surface area contributed by atoms with E-state index >= 15 is 0 Å². The van der Waals surface area contributed by atoms with Crippen molar-refractivity contribution in [1.29, 1.82) is 0 Å². The molecule has 0 bridgehead atoms. The van der Waals surface area contributed by atoms with Gasteiger partial charge in [-0.05, 0) is 90.4 Å². The van der Waals surface area contributed by atoms with Crippen molar-refractivity contribution in [2.75, 3.05) is 22.7 Å². The number of rotatable bonds is 5. The summed E-state index contributed by atoms with van der Waals surface area (Å²) in [6.45, 7) is 2.04. The summed E-state index contributed by atoms with van der Waals surface area (Å²) >= 11 is 2.14. The first kappa shape index (κ1) is 20.1. The lowest BCUT2D eigenvalue weighted by Gasteiger charge is -2.27. The van der Waals surface area contributed by atoms with Crippen LogP contribution in [0, 0.1) is 3.57 Å². The van der Waals surface area contributed by atoms with Crippen molar-refractivity contribution in [3.63, 3.8) is 0 Å². The van der Waals surface area contributed by atoms with E-state index in [0.29, 0.717) is 11.4 Å². The van der Waals surface area contributed by atoms with Gasteiger partial charge in [-0.1, -0.05) is 12.1 Å². The van der Waals surface area contributed by atoms with Crippen LogP contribution in [-0.2, 0) is 10.0 Å². The summed E-state index contributed by atoms with van der Waals surface area (Å²) in [5, 5.41) is 8.74. The molecular formula is C21H21IN4O2S. The second kappa shape index (κ2) is 8.66. The molecule has 1 aliphatic heterocycles. The van der Waals surface area contributed by atoms with Gasteiger partial charge in [0, 0.05) is 27.9 Å². The average Bonchev–Trinajstić information content (AvgIpc) is 2.75. The van der Waals surface area contributed by atoms with Crippen LogP contribution >= 0.6 is 22.6 Å². The fourth-order valence-corrected chi connectivity index (χ4v) is 4.75. The first-order chi connectivity index (χ1) is 14.0. The molecule has 4 rings (SSSR count). The summed E-state index contributed by atoms with van der Waals surface area (Å²) in [6, 6.07) is 17.8. The third-order valence-electron chi connectivity index (χ3n) is 4.87. The second-order valence-corrected chi connectivity index (χ2v) is 9.89. The van der Waals surface area contributed by atoms with E-state index in [4.69, 9.17) is 0 Å². The molecular weight excluding hydrogens is 499 g/mol. The van der Waals surface area contributed by atoms with Crippen molar-refractivity contribution in [3.05, 3.63) is 64.2 Å². The Morgan fingerprint density at radius 2 is 1.66 bits per heavy atom. The first-order valence-corrected chi connectivity index (χ1v) is 12.0. The maximum atomic E-state index is 12.6. The Bertz CT molecular complexity index is 1080. The number of halogens is 1. The molecule has 0 unspecified atom stereocenters. The minimum atomic E-state index is -3.65. The largest absolute Gasteiger partial charge is 0.355 e. The standard InChI is InChI=1S/C21H21IN4O2S/c22-17-7-9-19(10-8-17)29(27,28)25-18-6-4-5-16(15-18)20-11-12-21(24-23-20)26-13-2-1-3-14-26/h4-12,15,25H,1-3,13-14H2. The Hall–Kier alpha value is -2.20. The summed E-state index contributed by atoms with van der Waals surface area (Å²) in [6.07, 6.45) is 3.64. The van der Waals surface area contributed by atoms with E-state index in [1.165, 1.54) is 19.3 Å². The highest BCUT2D eigenvalue weighted by atomic mass is 127. The van der Waals surface area contributed by atoms with Crippen LogP contribution in [-0.4, -0.2) is 31.7 Å². The highest BCUT2D eigenvalue weighted by Crippen LogP contribution is 2.25. The normalized spacial score (nSPS) is 14.6. The fraction of sp³-hybridized carbons (Fsp3) is 0.238. The molecule has 0 saturated carbocycles. The van der Waals surface area contributed by atoms with E-state index in [1.54, 1.807) is 42.5 Å². The van der Waals surface area contributed by atoms with Crippen molar-refractivity contribution in [2.24, 2.45) is 0 Å². The van der Waals surface area contributed by atoms with Gasteiger partial charge < -0.3 is 4.90 Å². The molecule has 0 amide bonds. The molecule has 150 valence electrons. The Balaban J connectivity index is 1.53. The Morgan fingerprint density at radius 3 is 2.34 bits per heavy atom. The van der Waals surface area contributed by atoms with Crippen LogP contribution in [0.5, 0.6) is 0 Å². The number of benzene rings is 2. The monoisotopic (exact) mass is 520 g/mol. The molecule has 0 spiro atoms. The van der Waals surface area contributed by atoms with E-state index in [0.717, 1.165) is 28.0 Å². The van der Waals surface area contributed by atoms with Crippen LogP contribution in [0.1, 0.15) is 19.3 Å². The van der Waals surface area contributed by atoms with Crippen LogP contribution in [0.2, 0.25) is 0 Å². The lowest BCUT2D eigenvalue weighted by atomic mass is 10.1. The summed E-state index contributed by atoms with van der Waals surface area (Å²) in [4.78, 5) is 2.49. The van der Waals surface area contributed by atoms with Gasteiger partial charge in [-0.15, -0.1) is 10.2 Å². The highest BCUT2D eigenvalue weighted by Gasteiger charge is 2.15. The molecule has 1 N–H and O–H groups in total. The summed E-state index contributed by atoms with van der Waals surface area (Å²) in [5.74, 6) is 0.893. The van der Waals surface area contributed by atoms with Gasteiger partial charge in [-0.2, -0.15) is 0 Å². The van der Waals surface area contributed by atoms with Gasteiger partial charge in [0.05, 0.1) is 10.6 Å². The van der Waals surface area contributed by atoms with Gasteiger partial charge in [0.25, 0.3) is 10.0 Å². The number of piperidine rings is 1. The van der Waals surface area contributed by atoms with Crippen molar-refractivity contribution in [2.45, 2.75) is 24.2 Å². The molecule has 0 atom stereocenters. The number of anilines is 2. The maximum Gasteiger partial charge on any atom is 0.261 e. The third-order valence-corrected chi connectivity index (χ3v) is 6.98. The zero-order valence-corrected chi connectivity index (χ0v) is 18.7. The lowest BCUT2D eigenvalue weighted by molar-refractivity contribution is 0.571. The molecule has 1 fully saturated rings. The van der Waals surface area contributed by atoms with Gasteiger partial charge >= 0.3 is 0 Å². The van der Waals surface area contributed by atoms with Crippen LogP contribution in [0.3, 0.4) is 0 Å². The lowest BCUT2D eigenvalue weighted by Crippen LogP contribution is -2.30. The number of hydrogen-bond acceptors (Lipinski definition) is 5. The summed E-state index contributed by atoms with van der Waals surface area (Å²) < 4.78 is 28.9. The number of nitrogens with one attached hydrogen (secondary N) is 1. The quantitative estimate of drug-likeness (QED) is 0.501. The topological polar surface area (TPSA) is 75.2 Å². The van der Waals surface area contributed by atoms with E-state index in [9.17, 15) is 8.42 Å². The maximum absolute atomic E-state index is 12.6. The van der Waals surface area contributed by atoms with Crippen molar-refractivity contribution < 1.29 is 8.42 Å². The predicted molar refractivity (Wildman–Crippen MR) is 123 cm³/mol. The predicted octanol–water partition coefficient (Wildman–Crippen LogP) is 4.54. The zero-order chi connectivity index (χ0) is 20.3. The molecule has 0 aliphatic carbocycles. The molecule has 2 aromatic carbocycles. The van der Waals surface area contributed by atoms with E-state index in [1.807, 2.05) is 18.2 Å². The van der Waals surface area contributed by atoms with Crippen LogP contribution in [0.4, 0.5) is 11.5 Å². The zero-order valence-electron chi connectivity index (χ0n) is 15.8. The Morgan fingerprint density at radius 1 is 0.897 bits per heavy atom. The molecule has 3 aromatic rings. The van der Waals surface area contributed by atoms with Gasteiger partial charge in [0.2, 0.25) is 0 Å². The molecule has 8 heteroatoms. The minimum absolute atomic E-state index is 0.231. The van der Waals surface area contributed by atoms with Crippen LogP contribution < -0.4 is 9.62 Å². The number of nitrogens with zero attached hydrogens (tertiary/aromatic N) is 3. The average molecular weight is 520 g/mol. The number of sulfonamides is 1. The molecule has 29 heavy (non-hydrogen) atoms. The fourth-order valence-electron chi connectivity index (χ4n) is 3.34. The molecule has 1 saturated heterocycles. The molecule has 1 aliphatic rings. The van der Waals surface area contributed by atoms with Crippen molar-refractivity contribution in [3.8, 4) is 11.3 Å². The van der Waals surface area contributed by atoms with Crippen LogP contribution in [0.25, 0.3) is 11.3 Å². The summed E-state index contributed by atoms with van der Waals surface area (Å²) in [7, 11) is -3.65. The first-order valence-electron chi connectivity index (χ1n) is 9.49. The molecule has 6 nitrogen and oxygen atoms in total. The minimum Gasteiger partial charge on any atom is -0.355 e. The SMILES string of the molecule is O=S(=O)(Nc1cccc(-c2ccc(N3CCCCC3)nn2)c1)c1ccc(I)cc1. The van der Waals surface area contributed by atoms with E-state index in [2.05, 4.69) is 42.4 Å². The van der Waals surface area contributed by atoms with Crippen molar-refractivity contribution in [1.82, 2.24) is 10.2 Å². The van der Waals surface area contributed by atoms with Gasteiger partial charge in [-0.25, -0.2) is 8.42 Å². The van der Waals surface area contributed by atoms with Gasteiger partial charge in [-0.3, -0.25) is 4.72 Å². The third kappa shape index (κ3) is 4.87. The van der Waals surface area contributed by atoms with Crippen molar-refractivity contribution >= 4 is 44.1 Å². The smallest absolute Gasteiger partial charge is 0.261 e. The summed E-state index contributed by atoms with van der Waals surface area (Å²) in [5.41, 5.74) is 2.01. The van der Waals surface area contributed by atoms with Crippen LogP contribution in [0.15, 0.2) is 65.6 Å². The van der Waals surface area contributed by atoms with E-state index in [-0.39, 0.29) is 4.90 Å². The van der Waals surface area contributed by atoms with E-state index < -0.39 is 10.0 Å². The molecule has 2 heterocycles.